The van der Waals surface area contributed by atoms with Gasteiger partial charge in [-0.3, -0.25) is 0 Å². The third-order valence-corrected chi connectivity index (χ3v) is 4.65. The molecular weight excluding hydrogens is 272 g/mol. The first-order chi connectivity index (χ1) is 9.72. The third kappa shape index (κ3) is 4.41. The summed E-state index contributed by atoms with van der Waals surface area (Å²) < 4.78 is 5.74. The van der Waals surface area contributed by atoms with E-state index < -0.39 is 0 Å². The van der Waals surface area contributed by atoms with E-state index in [-0.39, 0.29) is 0 Å². The smallest absolute Gasteiger partial charge is 0.185 e. The molecule has 0 saturated carbocycles. The summed E-state index contributed by atoms with van der Waals surface area (Å²) in [6, 6.07) is 0. The summed E-state index contributed by atoms with van der Waals surface area (Å²) in [6.45, 7) is 11.0. The first kappa shape index (κ1) is 15.7. The molecule has 1 atom stereocenters. The van der Waals surface area contributed by atoms with Crippen molar-refractivity contribution < 1.29 is 4.74 Å². The van der Waals surface area contributed by atoms with E-state index in [9.17, 15) is 0 Å². The largest absolute Gasteiger partial charge is 0.374 e. The Morgan fingerprint density at radius 2 is 2.30 bits per heavy atom. The Morgan fingerprint density at radius 3 is 3.00 bits per heavy atom. The number of rotatable bonds is 7. The van der Waals surface area contributed by atoms with Crippen LogP contribution in [0.4, 0.5) is 5.13 Å². The predicted octanol–water partition coefficient (Wildman–Crippen LogP) is 1.41. The van der Waals surface area contributed by atoms with Crippen molar-refractivity contribution in [3.05, 3.63) is 11.1 Å². The second kappa shape index (κ2) is 7.93. The molecule has 2 rings (SSSR count). The molecule has 1 N–H and O–H groups in total. The molecule has 0 aliphatic carbocycles. The first-order valence-electron chi connectivity index (χ1n) is 7.43. The van der Waals surface area contributed by atoms with Gasteiger partial charge in [0, 0.05) is 50.3 Å². The van der Waals surface area contributed by atoms with Gasteiger partial charge in [-0.2, -0.15) is 0 Å². The molecule has 20 heavy (non-hydrogen) atoms. The fraction of sp³-hybridized carbons (Fsp3) is 0.786. The monoisotopic (exact) mass is 298 g/mol. The first-order valence-corrected chi connectivity index (χ1v) is 8.25. The number of hydrogen-bond donors (Lipinski definition) is 1. The van der Waals surface area contributed by atoms with Gasteiger partial charge in [-0.1, -0.05) is 0 Å². The topological polar surface area (TPSA) is 40.6 Å². The molecule has 1 unspecified atom stereocenters. The average Bonchev–Trinajstić information content (AvgIpc) is 2.89. The molecule has 0 radical (unpaired) electrons. The SMILES string of the molecule is CCN(CC)c1ncc(CNCC2CN(C)CCO2)s1. The lowest BCUT2D eigenvalue weighted by atomic mass is 10.3. The molecule has 0 spiro atoms. The maximum absolute atomic E-state index is 5.74. The van der Waals surface area contributed by atoms with Gasteiger partial charge < -0.3 is 19.9 Å². The van der Waals surface area contributed by atoms with Crippen molar-refractivity contribution in [2.75, 3.05) is 51.3 Å². The van der Waals surface area contributed by atoms with Crippen LogP contribution in [0.15, 0.2) is 6.20 Å². The fourth-order valence-corrected chi connectivity index (χ4v) is 3.37. The lowest BCUT2D eigenvalue weighted by Gasteiger charge is -2.30. The highest BCUT2D eigenvalue weighted by Gasteiger charge is 2.17. The molecule has 1 aliphatic heterocycles. The van der Waals surface area contributed by atoms with Crippen LogP contribution in [-0.2, 0) is 11.3 Å². The van der Waals surface area contributed by atoms with Crippen molar-refractivity contribution in [3.63, 3.8) is 0 Å². The predicted molar refractivity (Wildman–Crippen MR) is 84.6 cm³/mol. The normalized spacial score (nSPS) is 20.2. The summed E-state index contributed by atoms with van der Waals surface area (Å²) in [5.74, 6) is 0. The quantitative estimate of drug-likeness (QED) is 0.824. The number of ether oxygens (including phenoxy) is 1. The van der Waals surface area contributed by atoms with E-state index in [4.69, 9.17) is 4.74 Å². The Kier molecular flexibility index (Phi) is 6.22. The Labute approximate surface area is 125 Å². The molecule has 0 amide bonds. The summed E-state index contributed by atoms with van der Waals surface area (Å²) >= 11 is 1.78. The summed E-state index contributed by atoms with van der Waals surface area (Å²) in [7, 11) is 2.15. The maximum atomic E-state index is 5.74. The Morgan fingerprint density at radius 1 is 1.50 bits per heavy atom. The third-order valence-electron chi connectivity index (χ3n) is 3.59. The van der Waals surface area contributed by atoms with Crippen molar-refractivity contribution in [2.45, 2.75) is 26.5 Å². The van der Waals surface area contributed by atoms with E-state index >= 15 is 0 Å². The van der Waals surface area contributed by atoms with Gasteiger partial charge in [-0.15, -0.1) is 11.3 Å². The molecule has 2 heterocycles. The van der Waals surface area contributed by atoms with Crippen LogP contribution in [0, 0.1) is 0 Å². The van der Waals surface area contributed by atoms with E-state index in [1.54, 1.807) is 11.3 Å². The molecule has 1 aliphatic rings. The minimum atomic E-state index is 0.309. The summed E-state index contributed by atoms with van der Waals surface area (Å²) in [6.07, 6.45) is 2.29. The van der Waals surface area contributed by atoms with Crippen molar-refractivity contribution in [1.29, 1.82) is 0 Å². The van der Waals surface area contributed by atoms with Crippen LogP contribution in [0.2, 0.25) is 0 Å². The summed E-state index contributed by atoms with van der Waals surface area (Å²) in [5, 5.41) is 4.61. The number of aromatic nitrogens is 1. The second-order valence-corrected chi connectivity index (χ2v) is 6.26. The molecule has 1 saturated heterocycles. The lowest BCUT2D eigenvalue weighted by molar-refractivity contribution is -0.0181. The van der Waals surface area contributed by atoms with E-state index in [1.807, 2.05) is 6.20 Å². The molecule has 1 aromatic rings. The molecule has 1 fully saturated rings. The van der Waals surface area contributed by atoms with Gasteiger partial charge in [0.2, 0.25) is 0 Å². The number of anilines is 1. The van der Waals surface area contributed by atoms with Crippen LogP contribution in [0.3, 0.4) is 0 Å². The van der Waals surface area contributed by atoms with E-state index in [1.165, 1.54) is 4.88 Å². The number of hydrogen-bond acceptors (Lipinski definition) is 6. The van der Waals surface area contributed by atoms with Gasteiger partial charge in [0.05, 0.1) is 12.7 Å². The second-order valence-electron chi connectivity index (χ2n) is 5.17. The van der Waals surface area contributed by atoms with Gasteiger partial charge >= 0.3 is 0 Å². The van der Waals surface area contributed by atoms with Gasteiger partial charge in [0.1, 0.15) is 0 Å². The summed E-state index contributed by atoms with van der Waals surface area (Å²) in [5.41, 5.74) is 0. The Balaban J connectivity index is 1.74. The van der Waals surface area contributed by atoms with Gasteiger partial charge in [0.25, 0.3) is 0 Å². The Bertz CT molecular complexity index is 394. The number of nitrogens with one attached hydrogen (secondary N) is 1. The number of morpholine rings is 1. The standard InChI is InChI=1S/C14H26N4OS/c1-4-18(5-2)14-16-10-13(20-14)9-15-8-12-11-17(3)6-7-19-12/h10,12,15H,4-9,11H2,1-3H3. The Hall–Kier alpha value is -0.690. The van der Waals surface area contributed by atoms with Crippen LogP contribution < -0.4 is 10.2 Å². The molecule has 1 aromatic heterocycles. The fourth-order valence-electron chi connectivity index (χ4n) is 2.37. The van der Waals surface area contributed by atoms with Crippen LogP contribution in [0.5, 0.6) is 0 Å². The zero-order chi connectivity index (χ0) is 14.4. The highest BCUT2D eigenvalue weighted by Crippen LogP contribution is 2.21. The van der Waals surface area contributed by atoms with Crippen LogP contribution in [-0.4, -0.2) is 62.4 Å². The minimum Gasteiger partial charge on any atom is -0.374 e. The van der Waals surface area contributed by atoms with Gasteiger partial charge in [-0.25, -0.2) is 4.98 Å². The van der Waals surface area contributed by atoms with Crippen LogP contribution >= 0.6 is 11.3 Å². The van der Waals surface area contributed by atoms with E-state index in [0.717, 1.165) is 51.0 Å². The van der Waals surface area contributed by atoms with Crippen LogP contribution in [0.25, 0.3) is 0 Å². The zero-order valence-electron chi connectivity index (χ0n) is 12.8. The molecule has 0 bridgehead atoms. The molecule has 114 valence electrons. The molecule has 6 heteroatoms. The molecular formula is C14H26N4OS. The van der Waals surface area contributed by atoms with Crippen molar-refractivity contribution in [3.8, 4) is 0 Å². The van der Waals surface area contributed by atoms with Crippen molar-refractivity contribution in [2.24, 2.45) is 0 Å². The number of thiazole rings is 1. The minimum absolute atomic E-state index is 0.309. The average molecular weight is 298 g/mol. The zero-order valence-corrected chi connectivity index (χ0v) is 13.6. The van der Waals surface area contributed by atoms with Crippen molar-refractivity contribution >= 4 is 16.5 Å². The lowest BCUT2D eigenvalue weighted by Crippen LogP contribution is -2.44. The van der Waals surface area contributed by atoms with E-state index in [0.29, 0.717) is 6.10 Å². The van der Waals surface area contributed by atoms with E-state index in [2.05, 4.69) is 41.0 Å². The highest BCUT2D eigenvalue weighted by atomic mass is 32.1. The number of likely N-dealkylation sites (N-methyl/N-ethyl adjacent to an activating group) is 1. The van der Waals surface area contributed by atoms with Gasteiger partial charge in [0.15, 0.2) is 5.13 Å². The van der Waals surface area contributed by atoms with Gasteiger partial charge in [-0.05, 0) is 20.9 Å². The maximum Gasteiger partial charge on any atom is 0.185 e. The molecule has 5 nitrogen and oxygen atoms in total. The molecule has 0 aromatic carbocycles. The number of nitrogens with zero attached hydrogens (tertiary/aromatic N) is 3. The van der Waals surface area contributed by atoms with Crippen LogP contribution in [0.1, 0.15) is 18.7 Å². The highest BCUT2D eigenvalue weighted by molar-refractivity contribution is 7.15. The summed E-state index contributed by atoms with van der Waals surface area (Å²) in [4.78, 5) is 10.4. The van der Waals surface area contributed by atoms with Crippen molar-refractivity contribution in [1.82, 2.24) is 15.2 Å².